The molecule has 140 valence electrons. The van der Waals surface area contributed by atoms with Crippen molar-refractivity contribution in [3.63, 3.8) is 0 Å². The van der Waals surface area contributed by atoms with Gasteiger partial charge in [0.1, 0.15) is 11.5 Å². The van der Waals surface area contributed by atoms with Crippen molar-refractivity contribution in [3.8, 4) is 11.5 Å². The molecule has 0 aromatic heterocycles. The Morgan fingerprint density at radius 3 is 2.46 bits per heavy atom. The lowest BCUT2D eigenvalue weighted by atomic mass is 9.99. The second kappa shape index (κ2) is 7.69. The number of rotatable bonds is 6. The quantitative estimate of drug-likeness (QED) is 0.585. The Hall–Kier alpha value is -3.40. The highest BCUT2D eigenvalue weighted by Crippen LogP contribution is 2.29. The van der Waals surface area contributed by atoms with Gasteiger partial charge in [0, 0.05) is 18.9 Å². The van der Waals surface area contributed by atoms with E-state index in [1.54, 1.807) is 32.4 Å². The number of ether oxygens (including phenoxy) is 2. The number of ketones is 1. The van der Waals surface area contributed by atoms with Crippen LogP contribution in [0.2, 0.25) is 0 Å². The predicted octanol–water partition coefficient (Wildman–Crippen LogP) is 4.81. The third-order valence-corrected chi connectivity index (χ3v) is 4.97. The molecule has 0 unspecified atom stereocenters. The van der Waals surface area contributed by atoms with Crippen molar-refractivity contribution >= 4 is 17.2 Å². The zero-order valence-corrected chi connectivity index (χ0v) is 15.9. The molecule has 3 aromatic rings. The smallest absolute Gasteiger partial charge is 0.170 e. The molecular formula is C24H21NO3. The van der Waals surface area contributed by atoms with Gasteiger partial charge >= 0.3 is 0 Å². The average molecular weight is 371 g/mol. The zero-order chi connectivity index (χ0) is 19.5. The molecule has 0 aliphatic carbocycles. The zero-order valence-electron chi connectivity index (χ0n) is 15.9. The van der Waals surface area contributed by atoms with Gasteiger partial charge in [-0.1, -0.05) is 42.5 Å². The molecule has 1 aliphatic rings. The molecule has 0 amide bonds. The first-order chi connectivity index (χ1) is 13.7. The Morgan fingerprint density at radius 1 is 0.964 bits per heavy atom. The van der Waals surface area contributed by atoms with E-state index in [0.29, 0.717) is 23.5 Å². The van der Waals surface area contributed by atoms with Crippen molar-refractivity contribution in [3.05, 3.63) is 89.0 Å². The fourth-order valence-corrected chi connectivity index (χ4v) is 3.43. The number of para-hydroxylation sites is 1. The van der Waals surface area contributed by atoms with Crippen LogP contribution >= 0.6 is 0 Å². The summed E-state index contributed by atoms with van der Waals surface area (Å²) in [6, 6.07) is 21.5. The van der Waals surface area contributed by atoms with Gasteiger partial charge in [-0.05, 0) is 34.9 Å². The van der Waals surface area contributed by atoms with Gasteiger partial charge in [-0.3, -0.25) is 9.79 Å². The van der Waals surface area contributed by atoms with E-state index in [1.807, 2.05) is 42.5 Å². The summed E-state index contributed by atoms with van der Waals surface area (Å²) < 4.78 is 10.5. The van der Waals surface area contributed by atoms with Crippen LogP contribution in [0.25, 0.3) is 0 Å². The van der Waals surface area contributed by atoms with Crippen LogP contribution in [0.5, 0.6) is 11.5 Å². The number of Topliss-reactive ketones (excluding diaryl/α,β-unsaturated/α-hetero) is 1. The number of carbonyl (C=O) groups excluding carboxylic acids is 1. The van der Waals surface area contributed by atoms with E-state index in [9.17, 15) is 4.79 Å². The monoisotopic (exact) mass is 371 g/mol. The number of hydrogen-bond acceptors (Lipinski definition) is 4. The van der Waals surface area contributed by atoms with Crippen molar-refractivity contribution in [2.75, 3.05) is 14.2 Å². The van der Waals surface area contributed by atoms with Crippen molar-refractivity contribution in [2.45, 2.75) is 12.8 Å². The van der Waals surface area contributed by atoms with Crippen LogP contribution in [-0.2, 0) is 12.8 Å². The molecule has 0 spiro atoms. The van der Waals surface area contributed by atoms with E-state index < -0.39 is 0 Å². The molecule has 28 heavy (non-hydrogen) atoms. The van der Waals surface area contributed by atoms with Crippen molar-refractivity contribution < 1.29 is 14.3 Å². The van der Waals surface area contributed by atoms with Crippen molar-refractivity contribution in [1.29, 1.82) is 0 Å². The van der Waals surface area contributed by atoms with E-state index >= 15 is 0 Å². The van der Waals surface area contributed by atoms with Crippen LogP contribution in [-0.4, -0.2) is 25.7 Å². The van der Waals surface area contributed by atoms with Gasteiger partial charge in [0.15, 0.2) is 5.78 Å². The SMILES string of the molecule is COc1ccc(C(=O)Cc2ccc(C3=Nc4ccccc4C3)cc2)c(OC)c1. The Morgan fingerprint density at radius 2 is 1.75 bits per heavy atom. The third-order valence-electron chi connectivity index (χ3n) is 4.97. The maximum Gasteiger partial charge on any atom is 0.170 e. The average Bonchev–Trinajstić information content (AvgIpc) is 3.18. The highest BCUT2D eigenvalue weighted by atomic mass is 16.5. The number of carbonyl (C=O) groups is 1. The minimum atomic E-state index is 0.0119. The molecule has 4 heteroatoms. The molecule has 0 atom stereocenters. The molecule has 4 rings (SSSR count). The van der Waals surface area contributed by atoms with Gasteiger partial charge in [-0.25, -0.2) is 0 Å². The Bertz CT molecular complexity index is 1050. The maximum absolute atomic E-state index is 12.7. The van der Waals surface area contributed by atoms with Gasteiger partial charge in [0.05, 0.1) is 31.2 Å². The molecule has 0 N–H and O–H groups in total. The number of benzene rings is 3. The second-order valence-corrected chi connectivity index (χ2v) is 6.73. The standard InChI is InChI=1S/C24H21NO3/c1-27-19-11-12-20(24(15-19)28-2)23(26)13-16-7-9-17(10-8-16)22-14-18-5-3-4-6-21(18)25-22/h3-12,15H,13-14H2,1-2H3. The van der Waals surface area contributed by atoms with Crippen molar-refractivity contribution in [1.82, 2.24) is 0 Å². The number of hydrogen-bond donors (Lipinski definition) is 0. The van der Waals surface area contributed by atoms with Crippen LogP contribution in [0.3, 0.4) is 0 Å². The van der Waals surface area contributed by atoms with Crippen LogP contribution in [0.4, 0.5) is 5.69 Å². The fraction of sp³-hybridized carbons (Fsp3) is 0.167. The lowest BCUT2D eigenvalue weighted by Gasteiger charge is -2.10. The topological polar surface area (TPSA) is 47.9 Å². The third kappa shape index (κ3) is 3.54. The number of methoxy groups -OCH3 is 2. The van der Waals surface area contributed by atoms with Crippen LogP contribution in [0, 0.1) is 0 Å². The first kappa shape index (κ1) is 18.0. The molecule has 1 heterocycles. The van der Waals surface area contributed by atoms with Gasteiger partial charge < -0.3 is 9.47 Å². The van der Waals surface area contributed by atoms with Gasteiger partial charge in [-0.2, -0.15) is 0 Å². The normalized spacial score (nSPS) is 12.3. The predicted molar refractivity (Wildman–Crippen MR) is 110 cm³/mol. The summed E-state index contributed by atoms with van der Waals surface area (Å²) in [4.78, 5) is 17.5. The number of aliphatic imine (C=N–C) groups is 1. The Kier molecular flexibility index (Phi) is 4.94. The minimum absolute atomic E-state index is 0.0119. The van der Waals surface area contributed by atoms with E-state index in [-0.39, 0.29) is 5.78 Å². The first-order valence-electron chi connectivity index (χ1n) is 9.18. The lowest BCUT2D eigenvalue weighted by molar-refractivity contribution is 0.0990. The van der Waals surface area contributed by atoms with Crippen LogP contribution < -0.4 is 9.47 Å². The summed E-state index contributed by atoms with van der Waals surface area (Å²) in [6.45, 7) is 0. The summed E-state index contributed by atoms with van der Waals surface area (Å²) in [5, 5.41) is 0. The molecular weight excluding hydrogens is 350 g/mol. The molecule has 4 nitrogen and oxygen atoms in total. The molecule has 3 aromatic carbocycles. The second-order valence-electron chi connectivity index (χ2n) is 6.73. The minimum Gasteiger partial charge on any atom is -0.497 e. The number of fused-ring (bicyclic) bond motifs is 1. The van der Waals surface area contributed by atoms with Gasteiger partial charge in [0.25, 0.3) is 0 Å². The first-order valence-corrected chi connectivity index (χ1v) is 9.18. The van der Waals surface area contributed by atoms with E-state index in [2.05, 4.69) is 6.07 Å². The molecule has 1 aliphatic heterocycles. The van der Waals surface area contributed by atoms with E-state index in [1.165, 1.54) is 5.56 Å². The van der Waals surface area contributed by atoms with E-state index in [0.717, 1.165) is 28.9 Å². The maximum atomic E-state index is 12.7. The summed E-state index contributed by atoms with van der Waals surface area (Å²) >= 11 is 0. The molecule has 0 fully saturated rings. The van der Waals surface area contributed by atoms with E-state index in [4.69, 9.17) is 14.5 Å². The highest BCUT2D eigenvalue weighted by molar-refractivity contribution is 6.06. The molecule has 0 saturated carbocycles. The summed E-state index contributed by atoms with van der Waals surface area (Å²) in [5.74, 6) is 1.20. The Balaban J connectivity index is 1.49. The summed E-state index contributed by atoms with van der Waals surface area (Å²) in [5.41, 5.74) is 5.97. The van der Waals surface area contributed by atoms with Gasteiger partial charge in [0.2, 0.25) is 0 Å². The molecule has 0 radical (unpaired) electrons. The summed E-state index contributed by atoms with van der Waals surface area (Å²) in [7, 11) is 3.14. The Labute approximate surface area is 164 Å². The summed E-state index contributed by atoms with van der Waals surface area (Å²) in [6.07, 6.45) is 1.16. The molecule has 0 saturated heterocycles. The van der Waals surface area contributed by atoms with Crippen LogP contribution in [0.15, 0.2) is 71.7 Å². The fourth-order valence-electron chi connectivity index (χ4n) is 3.43. The van der Waals surface area contributed by atoms with Gasteiger partial charge in [-0.15, -0.1) is 0 Å². The lowest BCUT2D eigenvalue weighted by Crippen LogP contribution is -2.07. The largest absolute Gasteiger partial charge is 0.497 e. The van der Waals surface area contributed by atoms with Crippen molar-refractivity contribution in [2.24, 2.45) is 4.99 Å². The van der Waals surface area contributed by atoms with Crippen LogP contribution in [0.1, 0.15) is 27.0 Å². The highest BCUT2D eigenvalue weighted by Gasteiger charge is 2.17. The molecule has 0 bridgehead atoms. The number of nitrogens with zero attached hydrogens (tertiary/aromatic N) is 1.